The zero-order valence-corrected chi connectivity index (χ0v) is 18.4. The minimum atomic E-state index is -0.777. The summed E-state index contributed by atoms with van der Waals surface area (Å²) in [4.78, 5) is 24.7. The number of amides is 2. The molecule has 0 aliphatic rings. The molecule has 1 unspecified atom stereocenters. The van der Waals surface area contributed by atoms with Crippen LogP contribution in [-0.2, 0) is 11.2 Å². The Hall–Kier alpha value is -3.02. The van der Waals surface area contributed by atoms with Crippen molar-refractivity contribution in [1.82, 2.24) is 5.32 Å². The van der Waals surface area contributed by atoms with E-state index in [1.165, 1.54) is 0 Å². The third kappa shape index (κ3) is 6.74. The highest BCUT2D eigenvalue weighted by atomic mass is 35.5. The number of carbonyl (C=O) groups is 2. The third-order valence-electron chi connectivity index (χ3n) is 4.53. The van der Waals surface area contributed by atoms with Crippen LogP contribution in [0.1, 0.15) is 22.8 Å². The van der Waals surface area contributed by atoms with Gasteiger partial charge in [0.1, 0.15) is 5.75 Å². The van der Waals surface area contributed by atoms with Crippen LogP contribution in [0.15, 0.2) is 72.8 Å². The molecule has 0 saturated heterocycles. The van der Waals surface area contributed by atoms with E-state index in [1.807, 2.05) is 30.3 Å². The molecule has 3 aromatic carbocycles. The lowest BCUT2D eigenvalue weighted by Gasteiger charge is -2.16. The van der Waals surface area contributed by atoms with Crippen LogP contribution in [0.4, 0.5) is 5.69 Å². The fraction of sp³-hybridized carbons (Fsp3) is 0.167. The van der Waals surface area contributed by atoms with Gasteiger partial charge in [-0.2, -0.15) is 0 Å². The molecule has 31 heavy (non-hydrogen) atoms. The van der Waals surface area contributed by atoms with Gasteiger partial charge in [0.05, 0.1) is 10.7 Å². The Morgan fingerprint density at radius 1 is 0.968 bits per heavy atom. The van der Waals surface area contributed by atoms with Gasteiger partial charge in [0.25, 0.3) is 11.8 Å². The summed E-state index contributed by atoms with van der Waals surface area (Å²) in [5, 5.41) is 6.43. The summed E-state index contributed by atoms with van der Waals surface area (Å²) in [6.45, 7) is 2.17. The first kappa shape index (κ1) is 22.7. The molecular formula is C24H22Cl2N2O3. The van der Waals surface area contributed by atoms with Crippen molar-refractivity contribution in [3.05, 3.63) is 94.0 Å². The first-order chi connectivity index (χ1) is 14.9. The largest absolute Gasteiger partial charge is 0.481 e. The van der Waals surface area contributed by atoms with Gasteiger partial charge < -0.3 is 15.4 Å². The fourth-order valence-corrected chi connectivity index (χ4v) is 3.17. The smallest absolute Gasteiger partial charge is 0.265 e. The summed E-state index contributed by atoms with van der Waals surface area (Å²) in [6.07, 6.45) is -0.0163. The Morgan fingerprint density at radius 3 is 2.39 bits per heavy atom. The molecule has 0 fully saturated rings. The molecule has 3 aromatic rings. The topological polar surface area (TPSA) is 67.4 Å². The van der Waals surface area contributed by atoms with Crippen LogP contribution < -0.4 is 15.4 Å². The number of benzene rings is 3. The molecule has 2 N–H and O–H groups in total. The maximum Gasteiger partial charge on any atom is 0.265 e. The molecule has 0 saturated carbocycles. The predicted molar refractivity (Wildman–Crippen MR) is 124 cm³/mol. The van der Waals surface area contributed by atoms with E-state index < -0.39 is 6.10 Å². The number of ether oxygens (including phenoxy) is 1. The van der Waals surface area contributed by atoms with E-state index in [0.29, 0.717) is 33.6 Å². The van der Waals surface area contributed by atoms with E-state index in [-0.39, 0.29) is 11.8 Å². The van der Waals surface area contributed by atoms with Gasteiger partial charge in [-0.15, -0.1) is 0 Å². The standard InChI is InChI=1S/C24H22Cl2N2O3/c1-16(23(29)28-22-15-19(25)9-12-21(22)26)31-20-10-7-18(8-11-20)24(30)27-14-13-17-5-3-2-4-6-17/h2-12,15-16H,13-14H2,1H3,(H,27,30)(H,28,29). The van der Waals surface area contributed by atoms with Crippen molar-refractivity contribution < 1.29 is 14.3 Å². The highest BCUT2D eigenvalue weighted by Gasteiger charge is 2.17. The quantitative estimate of drug-likeness (QED) is 0.478. The van der Waals surface area contributed by atoms with Crippen LogP contribution >= 0.6 is 23.2 Å². The van der Waals surface area contributed by atoms with Crippen LogP contribution in [0.2, 0.25) is 10.0 Å². The van der Waals surface area contributed by atoms with Gasteiger partial charge in [-0.05, 0) is 61.4 Å². The molecule has 0 bridgehead atoms. The molecule has 1 atom stereocenters. The summed E-state index contributed by atoms with van der Waals surface area (Å²) >= 11 is 12.0. The van der Waals surface area contributed by atoms with E-state index in [0.717, 1.165) is 12.0 Å². The number of nitrogens with one attached hydrogen (secondary N) is 2. The molecule has 0 aliphatic carbocycles. The Kier molecular flexibility index (Phi) is 7.93. The minimum Gasteiger partial charge on any atom is -0.481 e. The van der Waals surface area contributed by atoms with Gasteiger partial charge in [0, 0.05) is 17.1 Å². The van der Waals surface area contributed by atoms with Crippen molar-refractivity contribution in [2.45, 2.75) is 19.4 Å². The van der Waals surface area contributed by atoms with E-state index in [4.69, 9.17) is 27.9 Å². The molecule has 2 amide bonds. The van der Waals surface area contributed by atoms with Gasteiger partial charge in [-0.25, -0.2) is 0 Å². The molecule has 3 rings (SSSR count). The molecule has 7 heteroatoms. The number of carbonyl (C=O) groups excluding carboxylic acids is 2. The number of halogens is 2. The summed E-state index contributed by atoms with van der Waals surface area (Å²) < 4.78 is 5.67. The van der Waals surface area contributed by atoms with Crippen molar-refractivity contribution in [2.75, 3.05) is 11.9 Å². The summed E-state index contributed by atoms with van der Waals surface area (Å²) in [5.41, 5.74) is 2.10. The SMILES string of the molecule is CC(Oc1ccc(C(=O)NCCc2ccccc2)cc1)C(=O)Nc1cc(Cl)ccc1Cl. The zero-order chi connectivity index (χ0) is 22.2. The minimum absolute atomic E-state index is 0.163. The molecular weight excluding hydrogens is 435 g/mol. The lowest BCUT2D eigenvalue weighted by molar-refractivity contribution is -0.122. The number of rotatable bonds is 8. The average Bonchev–Trinajstić information content (AvgIpc) is 2.77. The second-order valence-corrected chi connectivity index (χ2v) is 7.73. The van der Waals surface area contributed by atoms with Crippen molar-refractivity contribution in [3.8, 4) is 5.75 Å². The van der Waals surface area contributed by atoms with Crippen LogP contribution in [-0.4, -0.2) is 24.5 Å². The third-order valence-corrected chi connectivity index (χ3v) is 5.09. The Labute approximate surface area is 191 Å². The molecule has 0 aromatic heterocycles. The monoisotopic (exact) mass is 456 g/mol. The first-order valence-corrected chi connectivity index (χ1v) is 10.5. The summed E-state index contributed by atoms with van der Waals surface area (Å²) in [6, 6.07) is 21.4. The van der Waals surface area contributed by atoms with Crippen LogP contribution in [0, 0.1) is 0 Å². The van der Waals surface area contributed by atoms with E-state index >= 15 is 0 Å². The summed E-state index contributed by atoms with van der Waals surface area (Å²) in [7, 11) is 0. The zero-order valence-electron chi connectivity index (χ0n) is 16.9. The fourth-order valence-electron chi connectivity index (χ4n) is 2.84. The second kappa shape index (κ2) is 10.8. The van der Waals surface area contributed by atoms with Gasteiger partial charge in [-0.1, -0.05) is 53.5 Å². The van der Waals surface area contributed by atoms with Crippen LogP contribution in [0.5, 0.6) is 5.75 Å². The van der Waals surface area contributed by atoms with Gasteiger partial charge in [0.15, 0.2) is 6.10 Å². The van der Waals surface area contributed by atoms with Gasteiger partial charge in [0.2, 0.25) is 0 Å². The summed E-state index contributed by atoms with van der Waals surface area (Å²) in [5.74, 6) is -0.0588. The molecule has 0 spiro atoms. The van der Waals surface area contributed by atoms with Crippen molar-refractivity contribution in [3.63, 3.8) is 0 Å². The predicted octanol–water partition coefficient (Wildman–Crippen LogP) is 5.37. The van der Waals surface area contributed by atoms with Crippen molar-refractivity contribution in [1.29, 1.82) is 0 Å². The van der Waals surface area contributed by atoms with E-state index in [2.05, 4.69) is 10.6 Å². The van der Waals surface area contributed by atoms with Crippen molar-refractivity contribution in [2.24, 2.45) is 0 Å². The molecule has 0 heterocycles. The second-order valence-electron chi connectivity index (χ2n) is 6.89. The maximum atomic E-state index is 12.4. The molecule has 0 radical (unpaired) electrons. The Morgan fingerprint density at radius 2 is 1.68 bits per heavy atom. The van der Waals surface area contributed by atoms with E-state index in [1.54, 1.807) is 49.4 Å². The lowest BCUT2D eigenvalue weighted by atomic mass is 10.1. The van der Waals surface area contributed by atoms with Gasteiger partial charge >= 0.3 is 0 Å². The average molecular weight is 457 g/mol. The highest BCUT2D eigenvalue weighted by Crippen LogP contribution is 2.25. The molecule has 0 aliphatic heterocycles. The number of hydrogen-bond donors (Lipinski definition) is 2. The Balaban J connectivity index is 1.50. The molecule has 160 valence electrons. The first-order valence-electron chi connectivity index (χ1n) is 9.77. The number of anilines is 1. The van der Waals surface area contributed by atoms with Crippen molar-refractivity contribution >= 4 is 40.7 Å². The highest BCUT2D eigenvalue weighted by molar-refractivity contribution is 6.35. The maximum absolute atomic E-state index is 12.4. The van der Waals surface area contributed by atoms with Crippen LogP contribution in [0.3, 0.4) is 0 Å². The Bertz CT molecular complexity index is 1040. The lowest BCUT2D eigenvalue weighted by Crippen LogP contribution is -2.30. The normalized spacial score (nSPS) is 11.5. The van der Waals surface area contributed by atoms with Gasteiger partial charge in [-0.3, -0.25) is 9.59 Å². The number of hydrogen-bond acceptors (Lipinski definition) is 3. The van der Waals surface area contributed by atoms with E-state index in [9.17, 15) is 9.59 Å². The van der Waals surface area contributed by atoms with Crippen LogP contribution in [0.25, 0.3) is 0 Å². The molecule has 5 nitrogen and oxygen atoms in total.